The lowest BCUT2D eigenvalue weighted by Crippen LogP contribution is -2.85. The lowest BCUT2D eigenvalue weighted by molar-refractivity contribution is -0.493. The third kappa shape index (κ3) is 5.94. The van der Waals surface area contributed by atoms with Crippen molar-refractivity contribution in [2.24, 2.45) is 0 Å². The van der Waals surface area contributed by atoms with Gasteiger partial charge in [0.25, 0.3) is 0 Å². The number of carbonyl (C=O) groups excluding carboxylic acids is 2. The minimum Gasteiger partial charge on any atom is -0.393 e. The van der Waals surface area contributed by atoms with Crippen LogP contribution in [0.25, 0.3) is 0 Å². The summed E-state index contributed by atoms with van der Waals surface area (Å²) < 4.78 is 0. The first-order chi connectivity index (χ1) is 17.6. The number of carbonyl (C=O) groups is 2. The van der Waals surface area contributed by atoms with E-state index in [1.807, 2.05) is 30.3 Å². The Kier molecular flexibility index (Phi) is 8.42. The van der Waals surface area contributed by atoms with Crippen molar-refractivity contribution in [3.8, 4) is 0 Å². The molecule has 11 N–H and O–H groups in total. The van der Waals surface area contributed by atoms with Gasteiger partial charge >= 0.3 is 23.6 Å². The van der Waals surface area contributed by atoms with Crippen LogP contribution in [0.3, 0.4) is 0 Å². The van der Waals surface area contributed by atoms with Gasteiger partial charge < -0.3 is 51.3 Å². The van der Waals surface area contributed by atoms with E-state index < -0.39 is 60.4 Å². The van der Waals surface area contributed by atoms with Crippen LogP contribution < -0.4 is 10.6 Å². The largest absolute Gasteiger partial charge is 0.393 e. The zero-order chi connectivity index (χ0) is 28.4. The van der Waals surface area contributed by atoms with Crippen LogP contribution in [-0.2, 0) is 17.0 Å². The zero-order valence-electron chi connectivity index (χ0n) is 20.0. The number of aliphatic hydroxyl groups excluding tert-OH is 1. The number of hydrogen-bond acceptors (Lipinski definition) is 11. The van der Waals surface area contributed by atoms with E-state index in [1.54, 1.807) is 6.07 Å². The van der Waals surface area contributed by atoms with E-state index in [-0.39, 0.29) is 16.9 Å². The van der Waals surface area contributed by atoms with E-state index in [4.69, 9.17) is 0 Å². The van der Waals surface area contributed by atoms with Gasteiger partial charge in [0.1, 0.15) is 6.54 Å². The van der Waals surface area contributed by atoms with Gasteiger partial charge in [0.05, 0.1) is 12.1 Å². The van der Waals surface area contributed by atoms with Crippen LogP contribution in [0.1, 0.15) is 24.0 Å². The molecule has 0 bridgehead atoms. The van der Waals surface area contributed by atoms with Gasteiger partial charge in [-0.3, -0.25) is 15.0 Å². The van der Waals surface area contributed by atoms with Crippen molar-refractivity contribution in [2.75, 3.05) is 6.54 Å². The van der Waals surface area contributed by atoms with Gasteiger partial charge in [-0.05, 0) is 24.8 Å². The highest BCUT2D eigenvalue weighted by atomic mass is 16.7. The molecule has 3 rings (SSSR count). The van der Waals surface area contributed by atoms with E-state index in [0.29, 0.717) is 6.42 Å². The Balaban J connectivity index is 1.79. The van der Waals surface area contributed by atoms with E-state index in [1.165, 1.54) is 29.6 Å². The third-order valence-electron chi connectivity index (χ3n) is 6.29. The molecular formula is C24H31N3O11. The summed E-state index contributed by atoms with van der Waals surface area (Å²) in [5.41, 5.74) is 0.859. The molecule has 1 heterocycles. The van der Waals surface area contributed by atoms with Gasteiger partial charge in [0.2, 0.25) is 11.7 Å². The summed E-state index contributed by atoms with van der Waals surface area (Å²) in [5, 5.41) is 94.9. The molecule has 3 amide bonds. The molecule has 0 aliphatic carbocycles. The summed E-state index contributed by atoms with van der Waals surface area (Å²) in [7, 11) is 0. The number of hydrogen-bond donors (Lipinski definition) is 11. The molecule has 1 aliphatic rings. The molecule has 1 aliphatic heterocycles. The van der Waals surface area contributed by atoms with E-state index in [2.05, 4.69) is 5.32 Å². The maximum atomic E-state index is 12.8. The Hall–Kier alpha value is -3.18. The van der Waals surface area contributed by atoms with Crippen LogP contribution in [0.4, 0.5) is 4.79 Å². The number of amides is 3. The summed E-state index contributed by atoms with van der Waals surface area (Å²) >= 11 is 0. The van der Waals surface area contributed by atoms with Crippen molar-refractivity contribution in [2.45, 2.75) is 54.8 Å². The van der Waals surface area contributed by atoms with Crippen molar-refractivity contribution in [3.05, 3.63) is 71.8 Å². The first-order valence-corrected chi connectivity index (χ1v) is 11.5. The number of rotatable bonds is 10. The van der Waals surface area contributed by atoms with Crippen molar-refractivity contribution in [3.63, 3.8) is 0 Å². The number of nitrogens with zero attached hydrogens (tertiary/aromatic N) is 1. The molecule has 2 aromatic rings. The molecule has 14 nitrogen and oxygen atoms in total. The van der Waals surface area contributed by atoms with Crippen molar-refractivity contribution in [1.82, 2.24) is 15.5 Å². The van der Waals surface area contributed by atoms with Gasteiger partial charge in [0, 0.05) is 5.56 Å². The first kappa shape index (κ1) is 29.4. The molecule has 208 valence electrons. The standard InChI is InChI=1S/C24H31N3O11/c28-17(12-11-15-7-3-1-4-8-15)13-18(21(31,32)16-9-5-2-6-10-16)25-19(29)14-27-20(30)26-23(35,36)22(33,34)24(27,37)38/h1-10,17-18,28,31-38H,11-14H2,(H,25,29)(H,26,30)/t17-,18-/m1/s1. The minimum absolute atomic E-state index is 0.0509. The molecule has 0 spiro atoms. The maximum absolute atomic E-state index is 12.8. The highest BCUT2D eigenvalue weighted by molar-refractivity contribution is 5.85. The monoisotopic (exact) mass is 537 g/mol. The second kappa shape index (κ2) is 10.9. The van der Waals surface area contributed by atoms with Gasteiger partial charge in [-0.25, -0.2) is 4.79 Å². The third-order valence-corrected chi connectivity index (χ3v) is 6.29. The molecule has 38 heavy (non-hydrogen) atoms. The van der Waals surface area contributed by atoms with Crippen LogP contribution >= 0.6 is 0 Å². The van der Waals surface area contributed by atoms with E-state index in [0.717, 1.165) is 5.56 Å². The quantitative estimate of drug-likeness (QED) is 0.134. The Morgan fingerprint density at radius 3 is 2.08 bits per heavy atom. The van der Waals surface area contributed by atoms with Gasteiger partial charge in [-0.15, -0.1) is 0 Å². The fraction of sp³-hybridized carbons (Fsp3) is 0.417. The Labute approximate surface area is 216 Å². The zero-order valence-corrected chi connectivity index (χ0v) is 20.0. The van der Waals surface area contributed by atoms with Gasteiger partial charge in [-0.1, -0.05) is 60.7 Å². The second-order valence-electron chi connectivity index (χ2n) is 9.12. The lowest BCUT2D eigenvalue weighted by atomic mass is 9.91. The normalized spacial score (nSPS) is 19.8. The summed E-state index contributed by atoms with van der Waals surface area (Å²) in [4.78, 5) is 24.8. The van der Waals surface area contributed by atoms with Gasteiger partial charge in [-0.2, -0.15) is 0 Å². The molecule has 0 saturated carbocycles. The molecule has 0 aromatic heterocycles. The Bertz CT molecular complexity index is 1110. The second-order valence-corrected chi connectivity index (χ2v) is 9.12. The number of nitrogens with one attached hydrogen (secondary N) is 2. The van der Waals surface area contributed by atoms with E-state index in [9.17, 15) is 55.5 Å². The topological polar surface area (TPSA) is 244 Å². The van der Waals surface area contributed by atoms with Crippen LogP contribution in [0.15, 0.2) is 60.7 Å². The molecule has 1 saturated heterocycles. The smallest absolute Gasteiger partial charge is 0.326 e. The highest BCUT2D eigenvalue weighted by Gasteiger charge is 2.70. The van der Waals surface area contributed by atoms with Crippen molar-refractivity contribution in [1.29, 1.82) is 0 Å². The summed E-state index contributed by atoms with van der Waals surface area (Å²) in [5.74, 6) is -16.1. The average molecular weight is 538 g/mol. The lowest BCUT2D eigenvalue weighted by Gasteiger charge is -2.50. The number of benzene rings is 2. The molecule has 2 atom stereocenters. The number of urea groups is 1. The maximum Gasteiger partial charge on any atom is 0.326 e. The predicted octanol–water partition coefficient (Wildman–Crippen LogP) is -3.32. The molecule has 1 fully saturated rings. The van der Waals surface area contributed by atoms with E-state index >= 15 is 0 Å². The van der Waals surface area contributed by atoms with Gasteiger partial charge in [0.15, 0.2) is 0 Å². The first-order valence-electron chi connectivity index (χ1n) is 11.5. The van der Waals surface area contributed by atoms with Crippen LogP contribution in [0.2, 0.25) is 0 Å². The van der Waals surface area contributed by atoms with Crippen LogP contribution in [-0.4, -0.2) is 99.1 Å². The SMILES string of the molecule is O=C(CN1C(=O)NC(O)(O)C(O)(O)C1(O)O)N[C@H](C[C@H](O)CCc1ccccc1)C(O)(O)c1ccccc1. The minimum atomic E-state index is -4.18. The number of aliphatic hydroxyl groups is 9. The number of aryl methyl sites for hydroxylation is 1. The molecule has 0 unspecified atom stereocenters. The Morgan fingerprint density at radius 2 is 1.50 bits per heavy atom. The average Bonchev–Trinajstić information content (AvgIpc) is 2.85. The predicted molar refractivity (Wildman–Crippen MR) is 127 cm³/mol. The summed E-state index contributed by atoms with van der Waals surface area (Å²) in [6.45, 7) is -1.32. The van der Waals surface area contributed by atoms with Crippen LogP contribution in [0, 0.1) is 0 Å². The molecule has 2 aromatic carbocycles. The molecule has 14 heteroatoms. The Morgan fingerprint density at radius 1 is 0.947 bits per heavy atom. The van der Waals surface area contributed by atoms with Crippen LogP contribution in [0.5, 0.6) is 0 Å². The van der Waals surface area contributed by atoms with Crippen molar-refractivity contribution >= 4 is 11.9 Å². The summed E-state index contributed by atoms with van der Waals surface area (Å²) in [6.07, 6.45) is -0.930. The fourth-order valence-electron chi connectivity index (χ4n) is 4.01. The van der Waals surface area contributed by atoms with Crippen molar-refractivity contribution < 1.29 is 55.5 Å². The highest BCUT2D eigenvalue weighted by Crippen LogP contribution is 2.33. The molecular weight excluding hydrogens is 506 g/mol. The molecule has 0 radical (unpaired) electrons. The summed E-state index contributed by atoms with van der Waals surface area (Å²) in [6, 6.07) is 13.2. The fourth-order valence-corrected chi connectivity index (χ4v) is 4.01.